The summed E-state index contributed by atoms with van der Waals surface area (Å²) < 4.78 is 17.5. The van der Waals surface area contributed by atoms with Crippen molar-refractivity contribution in [1.29, 1.82) is 0 Å². The molecule has 7 heteroatoms. The van der Waals surface area contributed by atoms with Crippen molar-refractivity contribution in [3.8, 4) is 17.4 Å². The second-order valence-corrected chi connectivity index (χ2v) is 6.16. The summed E-state index contributed by atoms with van der Waals surface area (Å²) in [7, 11) is 0. The van der Waals surface area contributed by atoms with E-state index in [4.69, 9.17) is 14.2 Å². The third kappa shape index (κ3) is 3.22. The van der Waals surface area contributed by atoms with Crippen LogP contribution in [0.3, 0.4) is 0 Å². The Kier molecular flexibility index (Phi) is 4.13. The molecule has 25 heavy (non-hydrogen) atoms. The number of hydrogen-bond donors (Lipinski definition) is 0. The average molecular weight is 341 g/mol. The van der Waals surface area contributed by atoms with Crippen LogP contribution in [0.1, 0.15) is 13.3 Å². The molecule has 1 fully saturated rings. The number of para-hydroxylation sites is 2. The SMILES string of the molecule is C[C@@H]1Oc2ccccc2O[C@H]1C(=O)N1CC[C@H](Oc2cnccn2)C1. The number of likely N-dealkylation sites (tertiary alicyclic amines) is 1. The van der Waals surface area contributed by atoms with E-state index < -0.39 is 6.10 Å². The first-order valence-corrected chi connectivity index (χ1v) is 8.34. The highest BCUT2D eigenvalue weighted by atomic mass is 16.6. The Hall–Kier alpha value is -2.83. The second-order valence-electron chi connectivity index (χ2n) is 6.16. The van der Waals surface area contributed by atoms with Crippen molar-refractivity contribution in [3.05, 3.63) is 42.9 Å². The summed E-state index contributed by atoms with van der Waals surface area (Å²) in [6.45, 7) is 2.98. The average Bonchev–Trinajstić information content (AvgIpc) is 3.10. The highest BCUT2D eigenvalue weighted by molar-refractivity contribution is 5.82. The van der Waals surface area contributed by atoms with Gasteiger partial charge in [-0.2, -0.15) is 0 Å². The first-order valence-electron chi connectivity index (χ1n) is 8.34. The molecule has 1 aromatic carbocycles. The standard InChI is InChI=1S/C18H19N3O4/c1-12-17(25-15-5-3-2-4-14(15)23-12)18(22)21-9-6-13(11-21)24-16-10-19-7-8-20-16/h2-5,7-8,10,12-13,17H,6,9,11H2,1H3/t12-,13-,17+/m0/s1. The molecule has 4 rings (SSSR count). The van der Waals surface area contributed by atoms with Crippen LogP contribution in [0.5, 0.6) is 17.4 Å². The van der Waals surface area contributed by atoms with Gasteiger partial charge in [0.25, 0.3) is 5.91 Å². The third-order valence-corrected chi connectivity index (χ3v) is 4.37. The Morgan fingerprint density at radius 3 is 2.80 bits per heavy atom. The first-order chi connectivity index (χ1) is 12.2. The van der Waals surface area contributed by atoms with Crippen LogP contribution in [0, 0.1) is 0 Å². The fourth-order valence-corrected chi connectivity index (χ4v) is 3.11. The lowest BCUT2D eigenvalue weighted by molar-refractivity contribution is -0.143. The molecule has 1 amide bonds. The van der Waals surface area contributed by atoms with Crippen LogP contribution >= 0.6 is 0 Å². The molecule has 0 bridgehead atoms. The summed E-state index contributed by atoms with van der Waals surface area (Å²) in [5.74, 6) is 1.67. The zero-order chi connectivity index (χ0) is 17.2. The van der Waals surface area contributed by atoms with Crippen LogP contribution in [0.2, 0.25) is 0 Å². The molecule has 1 saturated heterocycles. The van der Waals surface area contributed by atoms with Gasteiger partial charge in [-0.1, -0.05) is 12.1 Å². The fourth-order valence-electron chi connectivity index (χ4n) is 3.11. The lowest BCUT2D eigenvalue weighted by atomic mass is 10.1. The number of amides is 1. The Labute approximate surface area is 145 Å². The number of hydrogen-bond acceptors (Lipinski definition) is 6. The molecular weight excluding hydrogens is 322 g/mol. The van der Waals surface area contributed by atoms with Gasteiger partial charge in [0.05, 0.1) is 12.7 Å². The number of rotatable bonds is 3. The number of carbonyl (C=O) groups is 1. The number of fused-ring (bicyclic) bond motifs is 1. The van der Waals surface area contributed by atoms with Crippen LogP contribution in [-0.4, -0.2) is 52.2 Å². The largest absolute Gasteiger partial charge is 0.482 e. The van der Waals surface area contributed by atoms with Crippen LogP contribution in [0.25, 0.3) is 0 Å². The van der Waals surface area contributed by atoms with Crippen molar-refractivity contribution in [1.82, 2.24) is 14.9 Å². The molecule has 2 aliphatic heterocycles. The smallest absolute Gasteiger partial charge is 0.267 e. The maximum absolute atomic E-state index is 12.9. The van der Waals surface area contributed by atoms with E-state index in [-0.39, 0.29) is 18.1 Å². The topological polar surface area (TPSA) is 73.8 Å². The molecule has 1 aromatic heterocycles. The first kappa shape index (κ1) is 15.7. The van der Waals surface area contributed by atoms with Gasteiger partial charge in [0, 0.05) is 25.4 Å². The van der Waals surface area contributed by atoms with Crippen LogP contribution < -0.4 is 14.2 Å². The number of carbonyl (C=O) groups excluding carboxylic acids is 1. The Bertz CT molecular complexity index is 755. The number of benzene rings is 1. The van der Waals surface area contributed by atoms with E-state index in [1.807, 2.05) is 31.2 Å². The Morgan fingerprint density at radius 1 is 1.24 bits per heavy atom. The molecule has 7 nitrogen and oxygen atoms in total. The van der Waals surface area contributed by atoms with Gasteiger partial charge in [-0.05, 0) is 19.1 Å². The van der Waals surface area contributed by atoms with E-state index in [0.29, 0.717) is 30.5 Å². The van der Waals surface area contributed by atoms with Gasteiger partial charge in [0.2, 0.25) is 12.0 Å². The summed E-state index contributed by atoms with van der Waals surface area (Å²) in [5.41, 5.74) is 0. The zero-order valence-corrected chi connectivity index (χ0v) is 13.9. The quantitative estimate of drug-likeness (QED) is 0.846. The molecule has 0 saturated carbocycles. The maximum atomic E-state index is 12.9. The molecule has 130 valence electrons. The van der Waals surface area contributed by atoms with Crippen LogP contribution in [0.15, 0.2) is 42.9 Å². The predicted molar refractivity (Wildman–Crippen MR) is 88.6 cm³/mol. The van der Waals surface area contributed by atoms with Gasteiger partial charge >= 0.3 is 0 Å². The molecule has 3 heterocycles. The molecule has 2 aromatic rings. The molecule has 0 aliphatic carbocycles. The van der Waals surface area contributed by atoms with E-state index >= 15 is 0 Å². The molecular formula is C18H19N3O4. The van der Waals surface area contributed by atoms with Crippen molar-refractivity contribution in [2.45, 2.75) is 31.7 Å². The highest BCUT2D eigenvalue weighted by Gasteiger charge is 2.39. The maximum Gasteiger partial charge on any atom is 0.267 e. The van der Waals surface area contributed by atoms with Crippen molar-refractivity contribution in [3.63, 3.8) is 0 Å². The van der Waals surface area contributed by atoms with Crippen molar-refractivity contribution >= 4 is 5.91 Å². The van der Waals surface area contributed by atoms with Crippen molar-refractivity contribution in [2.24, 2.45) is 0 Å². The molecule has 0 spiro atoms. The molecule has 2 aliphatic rings. The molecule has 3 atom stereocenters. The number of nitrogens with zero attached hydrogens (tertiary/aromatic N) is 3. The van der Waals surface area contributed by atoms with Gasteiger partial charge < -0.3 is 19.1 Å². The summed E-state index contributed by atoms with van der Waals surface area (Å²) in [6, 6.07) is 7.39. The predicted octanol–water partition coefficient (Wildman–Crippen LogP) is 1.68. The summed E-state index contributed by atoms with van der Waals surface area (Å²) >= 11 is 0. The van der Waals surface area contributed by atoms with Crippen molar-refractivity contribution in [2.75, 3.05) is 13.1 Å². The normalized spacial score (nSPS) is 24.8. The summed E-state index contributed by atoms with van der Waals surface area (Å²) in [4.78, 5) is 22.7. The van der Waals surface area contributed by atoms with E-state index in [1.54, 1.807) is 23.5 Å². The monoisotopic (exact) mass is 341 g/mol. The summed E-state index contributed by atoms with van der Waals surface area (Å²) in [6.07, 6.45) is 4.42. The summed E-state index contributed by atoms with van der Waals surface area (Å²) in [5, 5.41) is 0. The number of aromatic nitrogens is 2. The lowest BCUT2D eigenvalue weighted by Crippen LogP contribution is -2.50. The Balaban J connectivity index is 1.40. The lowest BCUT2D eigenvalue weighted by Gasteiger charge is -2.33. The molecule has 0 radical (unpaired) electrons. The fraction of sp³-hybridized carbons (Fsp3) is 0.389. The Morgan fingerprint density at radius 2 is 2.04 bits per heavy atom. The molecule has 0 N–H and O–H groups in total. The zero-order valence-electron chi connectivity index (χ0n) is 13.9. The van der Waals surface area contributed by atoms with Crippen LogP contribution in [0.4, 0.5) is 0 Å². The van der Waals surface area contributed by atoms with Crippen molar-refractivity contribution < 1.29 is 19.0 Å². The minimum absolute atomic E-state index is 0.0766. The van der Waals surface area contributed by atoms with Gasteiger partial charge in [0.1, 0.15) is 12.2 Å². The third-order valence-electron chi connectivity index (χ3n) is 4.37. The minimum Gasteiger partial charge on any atom is -0.482 e. The van der Waals surface area contributed by atoms with E-state index in [9.17, 15) is 4.79 Å². The minimum atomic E-state index is -0.648. The van der Waals surface area contributed by atoms with Gasteiger partial charge in [0.15, 0.2) is 11.5 Å². The van der Waals surface area contributed by atoms with Gasteiger partial charge in [-0.15, -0.1) is 0 Å². The van der Waals surface area contributed by atoms with Gasteiger partial charge in [-0.3, -0.25) is 9.78 Å². The van der Waals surface area contributed by atoms with Crippen LogP contribution in [-0.2, 0) is 4.79 Å². The highest BCUT2D eigenvalue weighted by Crippen LogP contribution is 2.34. The van der Waals surface area contributed by atoms with E-state index in [1.165, 1.54) is 0 Å². The van der Waals surface area contributed by atoms with E-state index in [0.717, 1.165) is 6.42 Å². The van der Waals surface area contributed by atoms with E-state index in [2.05, 4.69) is 9.97 Å². The molecule has 0 unspecified atom stereocenters. The van der Waals surface area contributed by atoms with Gasteiger partial charge in [-0.25, -0.2) is 4.98 Å². The second kappa shape index (κ2) is 6.58. The number of ether oxygens (including phenoxy) is 3.